The Kier molecular flexibility index (Phi) is 2.41. The number of ether oxygens (including phenoxy) is 1. The number of aromatic nitrogens is 1. The lowest BCUT2D eigenvalue weighted by atomic mass is 10.2. The average Bonchev–Trinajstić information content (AvgIpc) is 2.78. The molecular formula is C13H9NO3S. The minimum atomic E-state index is -0.917. The van der Waals surface area contributed by atoms with Crippen LogP contribution in [0.15, 0.2) is 30.3 Å². The highest BCUT2D eigenvalue weighted by atomic mass is 32.1. The van der Waals surface area contributed by atoms with E-state index < -0.39 is 5.97 Å². The minimum Gasteiger partial charge on any atom is -0.497 e. The lowest BCUT2D eigenvalue weighted by Crippen LogP contribution is -1.89. The summed E-state index contributed by atoms with van der Waals surface area (Å²) in [6, 6.07) is 9.18. The van der Waals surface area contributed by atoms with Gasteiger partial charge in [0.15, 0.2) is 0 Å². The highest BCUT2D eigenvalue weighted by Crippen LogP contribution is 2.29. The molecule has 2 aromatic heterocycles. The van der Waals surface area contributed by atoms with Crippen LogP contribution in [0.3, 0.4) is 0 Å². The van der Waals surface area contributed by atoms with Crippen LogP contribution >= 0.6 is 11.3 Å². The molecule has 0 saturated carbocycles. The van der Waals surface area contributed by atoms with Gasteiger partial charge in [-0.1, -0.05) is 0 Å². The van der Waals surface area contributed by atoms with E-state index >= 15 is 0 Å². The Morgan fingerprint density at radius 1 is 1.28 bits per heavy atom. The van der Waals surface area contributed by atoms with Gasteiger partial charge in [0.2, 0.25) is 0 Å². The first kappa shape index (κ1) is 11.0. The summed E-state index contributed by atoms with van der Waals surface area (Å²) in [5.74, 6) is -0.156. The van der Waals surface area contributed by atoms with Gasteiger partial charge in [-0.3, -0.25) is 0 Å². The first-order valence-corrected chi connectivity index (χ1v) is 6.10. The Morgan fingerprint density at radius 2 is 2.11 bits per heavy atom. The van der Waals surface area contributed by atoms with Crippen LogP contribution < -0.4 is 4.74 Å². The minimum absolute atomic E-state index is 0.305. The SMILES string of the molecule is COc1ccc2nc3sc(C(=O)O)cc3cc2c1. The first-order valence-electron chi connectivity index (χ1n) is 5.29. The molecule has 0 unspecified atom stereocenters. The van der Waals surface area contributed by atoms with Gasteiger partial charge in [0.05, 0.1) is 12.6 Å². The van der Waals surface area contributed by atoms with Crippen LogP contribution in [-0.4, -0.2) is 23.2 Å². The Morgan fingerprint density at radius 3 is 2.83 bits per heavy atom. The number of pyridine rings is 1. The molecule has 1 N–H and O–H groups in total. The van der Waals surface area contributed by atoms with Crippen LogP contribution in [-0.2, 0) is 0 Å². The van der Waals surface area contributed by atoms with Gasteiger partial charge in [-0.2, -0.15) is 0 Å². The fourth-order valence-corrected chi connectivity index (χ4v) is 2.71. The first-order chi connectivity index (χ1) is 8.67. The third-order valence-electron chi connectivity index (χ3n) is 2.72. The van der Waals surface area contributed by atoms with Gasteiger partial charge in [-0.05, 0) is 30.3 Å². The zero-order valence-electron chi connectivity index (χ0n) is 9.51. The van der Waals surface area contributed by atoms with Crippen molar-refractivity contribution in [3.05, 3.63) is 35.2 Å². The van der Waals surface area contributed by atoms with E-state index in [0.29, 0.717) is 4.88 Å². The molecule has 0 fully saturated rings. The van der Waals surface area contributed by atoms with Crippen molar-refractivity contribution >= 4 is 38.4 Å². The van der Waals surface area contributed by atoms with Crippen molar-refractivity contribution in [2.75, 3.05) is 7.11 Å². The molecule has 0 radical (unpaired) electrons. The molecular weight excluding hydrogens is 250 g/mol. The number of benzene rings is 1. The van der Waals surface area contributed by atoms with Crippen LogP contribution in [0.2, 0.25) is 0 Å². The molecule has 90 valence electrons. The van der Waals surface area contributed by atoms with Gasteiger partial charge >= 0.3 is 5.97 Å². The summed E-state index contributed by atoms with van der Waals surface area (Å²) in [6.45, 7) is 0. The van der Waals surface area contributed by atoms with E-state index in [1.807, 2.05) is 24.3 Å². The predicted molar refractivity (Wildman–Crippen MR) is 70.6 cm³/mol. The smallest absolute Gasteiger partial charge is 0.345 e. The van der Waals surface area contributed by atoms with Crippen LogP contribution in [0, 0.1) is 0 Å². The molecule has 0 aliphatic rings. The van der Waals surface area contributed by atoms with Gasteiger partial charge in [0, 0.05) is 10.8 Å². The second kappa shape index (κ2) is 3.96. The van der Waals surface area contributed by atoms with E-state index in [-0.39, 0.29) is 0 Å². The molecule has 0 aliphatic heterocycles. The van der Waals surface area contributed by atoms with Crippen LogP contribution in [0.25, 0.3) is 21.1 Å². The number of carboxylic acids is 1. The number of fused-ring (bicyclic) bond motifs is 2. The van der Waals surface area contributed by atoms with Crippen molar-refractivity contribution in [3.63, 3.8) is 0 Å². The quantitative estimate of drug-likeness (QED) is 0.768. The number of nitrogens with zero attached hydrogens (tertiary/aromatic N) is 1. The number of carboxylic acid groups (broad SMARTS) is 1. The average molecular weight is 259 g/mol. The van der Waals surface area contributed by atoms with Crippen molar-refractivity contribution in [2.45, 2.75) is 0 Å². The van der Waals surface area contributed by atoms with Crippen LogP contribution in [0.4, 0.5) is 0 Å². The number of carbonyl (C=O) groups is 1. The monoisotopic (exact) mass is 259 g/mol. The summed E-state index contributed by atoms with van der Waals surface area (Å²) in [4.78, 5) is 16.4. The van der Waals surface area contributed by atoms with Gasteiger partial charge in [-0.25, -0.2) is 9.78 Å². The van der Waals surface area contributed by atoms with Crippen molar-refractivity contribution in [1.29, 1.82) is 0 Å². The van der Waals surface area contributed by atoms with E-state index in [0.717, 1.165) is 26.9 Å². The van der Waals surface area contributed by atoms with Gasteiger partial charge in [-0.15, -0.1) is 11.3 Å². The zero-order valence-corrected chi connectivity index (χ0v) is 10.3. The molecule has 5 heteroatoms. The molecule has 1 aromatic carbocycles. The number of hydrogen-bond acceptors (Lipinski definition) is 4. The van der Waals surface area contributed by atoms with E-state index in [2.05, 4.69) is 4.98 Å². The van der Waals surface area contributed by atoms with Gasteiger partial charge in [0.1, 0.15) is 15.5 Å². The third-order valence-corrected chi connectivity index (χ3v) is 3.75. The Balaban J connectivity index is 2.29. The fraction of sp³-hybridized carbons (Fsp3) is 0.0769. The molecule has 0 atom stereocenters. The molecule has 4 nitrogen and oxygen atoms in total. The fourth-order valence-electron chi connectivity index (χ4n) is 1.85. The van der Waals surface area contributed by atoms with Crippen molar-refractivity contribution < 1.29 is 14.6 Å². The number of thiophene rings is 1. The second-order valence-electron chi connectivity index (χ2n) is 3.86. The molecule has 3 rings (SSSR count). The van der Waals surface area contributed by atoms with E-state index in [1.165, 1.54) is 11.3 Å². The zero-order chi connectivity index (χ0) is 12.7. The Bertz CT molecular complexity index is 763. The Labute approximate surface area is 106 Å². The maximum atomic E-state index is 10.9. The van der Waals surface area contributed by atoms with E-state index in [9.17, 15) is 4.79 Å². The standard InChI is InChI=1S/C13H9NO3S/c1-17-9-2-3-10-7(5-9)4-8-6-11(13(15)16)18-12(8)14-10/h2-6H,1H3,(H,15,16). The lowest BCUT2D eigenvalue weighted by molar-refractivity contribution is 0.0702. The molecule has 2 heterocycles. The number of methoxy groups -OCH3 is 1. The van der Waals surface area contributed by atoms with Gasteiger partial charge < -0.3 is 9.84 Å². The molecule has 3 aromatic rings. The lowest BCUT2D eigenvalue weighted by Gasteiger charge is -2.01. The molecule has 0 aliphatic carbocycles. The molecule has 0 saturated heterocycles. The summed E-state index contributed by atoms with van der Waals surface area (Å²) in [7, 11) is 1.61. The maximum Gasteiger partial charge on any atom is 0.345 e. The van der Waals surface area contributed by atoms with Crippen LogP contribution in [0.1, 0.15) is 9.67 Å². The van der Waals surface area contributed by atoms with Crippen LogP contribution in [0.5, 0.6) is 5.75 Å². The highest BCUT2D eigenvalue weighted by molar-refractivity contribution is 7.20. The molecule has 0 spiro atoms. The summed E-state index contributed by atoms with van der Waals surface area (Å²) in [5.41, 5.74) is 0.835. The summed E-state index contributed by atoms with van der Waals surface area (Å²) in [5, 5.41) is 10.8. The van der Waals surface area contributed by atoms with Gasteiger partial charge in [0.25, 0.3) is 0 Å². The van der Waals surface area contributed by atoms with E-state index in [1.54, 1.807) is 13.2 Å². The largest absolute Gasteiger partial charge is 0.497 e. The normalized spacial score (nSPS) is 10.9. The van der Waals surface area contributed by atoms with E-state index in [4.69, 9.17) is 9.84 Å². The topological polar surface area (TPSA) is 59.4 Å². The number of aromatic carboxylic acids is 1. The highest BCUT2D eigenvalue weighted by Gasteiger charge is 2.10. The number of rotatable bonds is 2. The second-order valence-corrected chi connectivity index (χ2v) is 4.89. The molecule has 0 amide bonds. The molecule has 18 heavy (non-hydrogen) atoms. The number of hydrogen-bond donors (Lipinski definition) is 1. The summed E-state index contributed by atoms with van der Waals surface area (Å²) >= 11 is 1.19. The summed E-state index contributed by atoms with van der Waals surface area (Å²) < 4.78 is 5.16. The van der Waals surface area contributed by atoms with Crippen molar-refractivity contribution in [3.8, 4) is 5.75 Å². The Hall–Kier alpha value is -2.14. The predicted octanol–water partition coefficient (Wildman–Crippen LogP) is 3.16. The van der Waals surface area contributed by atoms with Crippen molar-refractivity contribution in [2.24, 2.45) is 0 Å². The molecule has 0 bridgehead atoms. The third kappa shape index (κ3) is 1.69. The summed E-state index contributed by atoms with van der Waals surface area (Å²) in [6.07, 6.45) is 0. The maximum absolute atomic E-state index is 10.9. The van der Waals surface area contributed by atoms with Crippen molar-refractivity contribution in [1.82, 2.24) is 4.98 Å².